The lowest BCUT2D eigenvalue weighted by Gasteiger charge is -2.39. The van der Waals surface area contributed by atoms with Gasteiger partial charge in [0.15, 0.2) is 5.96 Å². The first-order chi connectivity index (χ1) is 14.2. The number of carbonyl (C=O) groups excluding carboxylic acids is 1. The van der Waals surface area contributed by atoms with E-state index in [-0.39, 0.29) is 29.9 Å². The van der Waals surface area contributed by atoms with Crippen molar-refractivity contribution in [1.82, 2.24) is 19.8 Å². The maximum atomic E-state index is 12.4. The van der Waals surface area contributed by atoms with Gasteiger partial charge in [0.2, 0.25) is 5.91 Å². The molecule has 0 radical (unpaired) electrons. The van der Waals surface area contributed by atoms with E-state index in [4.69, 9.17) is 4.99 Å². The van der Waals surface area contributed by atoms with E-state index in [0.717, 1.165) is 43.3 Å². The number of hydrogen-bond acceptors (Lipinski definition) is 3. The van der Waals surface area contributed by atoms with Gasteiger partial charge >= 0.3 is 0 Å². The number of anilines is 1. The Morgan fingerprint density at radius 1 is 1.33 bits per heavy atom. The van der Waals surface area contributed by atoms with Crippen LogP contribution in [-0.4, -0.2) is 59.0 Å². The fourth-order valence-corrected chi connectivity index (χ4v) is 4.34. The number of carbonyl (C=O) groups is 1. The van der Waals surface area contributed by atoms with E-state index in [1.165, 1.54) is 0 Å². The van der Waals surface area contributed by atoms with Gasteiger partial charge in [-0.15, -0.1) is 24.0 Å². The van der Waals surface area contributed by atoms with Crippen molar-refractivity contribution in [3.8, 4) is 0 Å². The summed E-state index contributed by atoms with van der Waals surface area (Å²) < 4.78 is 2.21. The molecule has 1 saturated heterocycles. The predicted molar refractivity (Wildman–Crippen MR) is 131 cm³/mol. The zero-order chi connectivity index (χ0) is 20.2. The van der Waals surface area contributed by atoms with Crippen molar-refractivity contribution < 1.29 is 4.79 Å². The third-order valence-corrected chi connectivity index (χ3v) is 5.97. The van der Waals surface area contributed by atoms with Gasteiger partial charge in [-0.1, -0.05) is 25.1 Å². The summed E-state index contributed by atoms with van der Waals surface area (Å²) in [6, 6.07) is 8.43. The minimum Gasteiger partial charge on any atom is -0.357 e. The van der Waals surface area contributed by atoms with Crippen LogP contribution in [0.25, 0.3) is 0 Å². The lowest BCUT2D eigenvalue weighted by Crippen LogP contribution is -2.49. The molecule has 2 aliphatic heterocycles. The van der Waals surface area contributed by atoms with Crippen molar-refractivity contribution in [1.29, 1.82) is 0 Å². The third-order valence-electron chi connectivity index (χ3n) is 5.97. The van der Waals surface area contributed by atoms with Gasteiger partial charge in [0.25, 0.3) is 0 Å². The van der Waals surface area contributed by atoms with Gasteiger partial charge in [0.05, 0.1) is 25.3 Å². The average molecular weight is 522 g/mol. The number of nitrogens with one attached hydrogen (secondary N) is 1. The van der Waals surface area contributed by atoms with Crippen LogP contribution < -0.4 is 10.2 Å². The van der Waals surface area contributed by atoms with E-state index in [2.05, 4.69) is 33.6 Å². The first-order valence-corrected chi connectivity index (χ1v) is 10.6. The molecule has 1 aromatic heterocycles. The number of fused-ring (bicyclic) bond motifs is 1. The summed E-state index contributed by atoms with van der Waals surface area (Å²) in [7, 11) is 0. The van der Waals surface area contributed by atoms with Crippen LogP contribution in [0, 0.1) is 5.92 Å². The molecule has 0 saturated carbocycles. The highest BCUT2D eigenvalue weighted by Gasteiger charge is 2.29. The van der Waals surface area contributed by atoms with Crippen molar-refractivity contribution in [2.75, 3.05) is 37.6 Å². The standard InChI is InChI=1S/C22H30N6O.HI/c1-3-24-22(26-11-8-17(2)20(15-26)27-12-9-23-16-27)25-10-13-28-19-7-5-4-6-18(19)14-21(28)29;/h4-7,9,12,16-17,20H,3,8,10-11,13-15H2,1-2H3,(H,24,25);1H. The number of rotatable bonds is 5. The van der Waals surface area contributed by atoms with E-state index in [1.807, 2.05) is 47.9 Å². The second-order valence-electron chi connectivity index (χ2n) is 7.88. The molecule has 0 spiro atoms. The molecule has 1 fully saturated rings. The topological polar surface area (TPSA) is 65.8 Å². The molecule has 3 heterocycles. The summed E-state index contributed by atoms with van der Waals surface area (Å²) in [6.45, 7) is 8.33. The molecule has 1 N–H and O–H groups in total. The van der Waals surface area contributed by atoms with Crippen LogP contribution in [0.2, 0.25) is 0 Å². The van der Waals surface area contributed by atoms with E-state index in [0.29, 0.717) is 31.5 Å². The first-order valence-electron chi connectivity index (χ1n) is 10.6. The summed E-state index contributed by atoms with van der Waals surface area (Å²) in [5, 5.41) is 3.44. The maximum absolute atomic E-state index is 12.4. The molecule has 2 aromatic rings. The number of imidazole rings is 1. The molecule has 7 nitrogen and oxygen atoms in total. The Labute approximate surface area is 195 Å². The highest BCUT2D eigenvalue weighted by atomic mass is 127. The van der Waals surface area contributed by atoms with Crippen LogP contribution in [0.1, 0.15) is 31.9 Å². The van der Waals surface area contributed by atoms with Crippen LogP contribution >= 0.6 is 24.0 Å². The molecule has 1 aromatic carbocycles. The predicted octanol–water partition coefficient (Wildman–Crippen LogP) is 2.94. The molecule has 4 rings (SSSR count). The number of para-hydroxylation sites is 1. The average Bonchev–Trinajstić information content (AvgIpc) is 3.36. The smallest absolute Gasteiger partial charge is 0.231 e. The number of piperidine rings is 1. The summed E-state index contributed by atoms with van der Waals surface area (Å²) in [5.41, 5.74) is 2.14. The molecule has 162 valence electrons. The van der Waals surface area contributed by atoms with Crippen LogP contribution in [0.3, 0.4) is 0 Å². The molecule has 2 unspecified atom stereocenters. The molecule has 0 aliphatic carbocycles. The fraction of sp³-hybridized carbons (Fsp3) is 0.500. The summed E-state index contributed by atoms with van der Waals surface area (Å²) in [6.07, 6.45) is 7.41. The van der Waals surface area contributed by atoms with Crippen molar-refractivity contribution >= 4 is 41.5 Å². The number of halogens is 1. The molecule has 2 aliphatic rings. The van der Waals surface area contributed by atoms with Crippen LogP contribution in [0.5, 0.6) is 0 Å². The summed E-state index contributed by atoms with van der Waals surface area (Å²) >= 11 is 0. The zero-order valence-corrected chi connectivity index (χ0v) is 20.0. The Balaban J connectivity index is 0.00000256. The van der Waals surface area contributed by atoms with E-state index >= 15 is 0 Å². The Bertz CT molecular complexity index is 868. The van der Waals surface area contributed by atoms with Gasteiger partial charge in [0.1, 0.15) is 0 Å². The van der Waals surface area contributed by atoms with Crippen LogP contribution in [-0.2, 0) is 11.2 Å². The largest absolute Gasteiger partial charge is 0.357 e. The maximum Gasteiger partial charge on any atom is 0.231 e. The van der Waals surface area contributed by atoms with Crippen molar-refractivity contribution in [2.24, 2.45) is 10.9 Å². The zero-order valence-electron chi connectivity index (χ0n) is 17.7. The molecule has 2 atom stereocenters. The number of likely N-dealkylation sites (tertiary alicyclic amines) is 1. The van der Waals surface area contributed by atoms with Crippen molar-refractivity contribution in [2.45, 2.75) is 32.7 Å². The molecule has 8 heteroatoms. The third kappa shape index (κ3) is 4.79. The number of guanidine groups is 1. The number of aromatic nitrogens is 2. The van der Waals surface area contributed by atoms with E-state index in [1.54, 1.807) is 0 Å². The Morgan fingerprint density at radius 3 is 2.93 bits per heavy atom. The van der Waals surface area contributed by atoms with Crippen molar-refractivity contribution in [3.05, 3.63) is 48.5 Å². The SMILES string of the molecule is CCNC(=NCCN1C(=O)Cc2ccccc21)N1CCC(C)C(n2ccnc2)C1.I. The number of amides is 1. The molecular formula is C22H31IN6O. The number of nitrogens with zero attached hydrogens (tertiary/aromatic N) is 5. The number of hydrogen-bond donors (Lipinski definition) is 1. The second kappa shape index (κ2) is 10.3. The molecule has 30 heavy (non-hydrogen) atoms. The van der Waals surface area contributed by atoms with E-state index in [9.17, 15) is 4.79 Å². The Hall–Kier alpha value is -2.10. The van der Waals surface area contributed by atoms with Gasteiger partial charge in [-0.2, -0.15) is 0 Å². The minimum atomic E-state index is 0. The lowest BCUT2D eigenvalue weighted by molar-refractivity contribution is -0.117. The monoisotopic (exact) mass is 522 g/mol. The Morgan fingerprint density at radius 2 is 2.17 bits per heavy atom. The Kier molecular flexibility index (Phi) is 7.74. The van der Waals surface area contributed by atoms with Gasteiger partial charge in [-0.25, -0.2) is 4.98 Å². The highest BCUT2D eigenvalue weighted by Crippen LogP contribution is 2.29. The van der Waals surface area contributed by atoms with Gasteiger partial charge in [-0.3, -0.25) is 9.79 Å². The normalized spacial score (nSPS) is 21.4. The molecule has 0 bridgehead atoms. The highest BCUT2D eigenvalue weighted by molar-refractivity contribution is 14.0. The summed E-state index contributed by atoms with van der Waals surface area (Å²) in [4.78, 5) is 25.7. The van der Waals surface area contributed by atoms with Crippen LogP contribution in [0.4, 0.5) is 5.69 Å². The van der Waals surface area contributed by atoms with Crippen molar-refractivity contribution in [3.63, 3.8) is 0 Å². The molecule has 1 amide bonds. The fourth-order valence-electron chi connectivity index (χ4n) is 4.34. The summed E-state index contributed by atoms with van der Waals surface area (Å²) in [5.74, 6) is 1.70. The van der Waals surface area contributed by atoms with Gasteiger partial charge in [0, 0.05) is 44.3 Å². The molecular weight excluding hydrogens is 491 g/mol. The lowest BCUT2D eigenvalue weighted by atomic mass is 9.93. The number of benzene rings is 1. The number of aliphatic imine (C=N–C) groups is 1. The van der Waals surface area contributed by atoms with Gasteiger partial charge in [-0.05, 0) is 30.9 Å². The first kappa shape index (κ1) is 22.6. The van der Waals surface area contributed by atoms with E-state index < -0.39 is 0 Å². The minimum absolute atomic E-state index is 0. The quantitative estimate of drug-likeness (QED) is 0.373. The van der Waals surface area contributed by atoms with Crippen LogP contribution in [0.15, 0.2) is 48.0 Å². The van der Waals surface area contributed by atoms with Gasteiger partial charge < -0.3 is 19.7 Å². The second-order valence-corrected chi connectivity index (χ2v) is 7.88.